The maximum absolute atomic E-state index is 10.9. The van der Waals surface area contributed by atoms with Crippen molar-refractivity contribution in [3.05, 3.63) is 64.3 Å². The van der Waals surface area contributed by atoms with Crippen LogP contribution in [0.15, 0.2) is 48.7 Å². The number of hydrogen-bond donors (Lipinski definition) is 0. The molecule has 0 saturated heterocycles. The Labute approximate surface area is 150 Å². The predicted molar refractivity (Wildman–Crippen MR) is 97.9 cm³/mol. The van der Waals surface area contributed by atoms with E-state index in [1.165, 1.54) is 24.5 Å². The molecule has 0 bridgehead atoms. The van der Waals surface area contributed by atoms with Gasteiger partial charge in [-0.3, -0.25) is 19.7 Å². The molecule has 134 valence electrons. The standard InChI is InChI=1S/C19H20N4O3/c1-26-18-7-2-14(3-8-18)12-21(16-4-5-16)13-22-19-9-6-17(23(24)25)10-15(19)11-20-22/h2-3,6-11,16H,4-5,12-13H2,1H3. The molecule has 1 aromatic heterocycles. The minimum Gasteiger partial charge on any atom is -0.497 e. The lowest BCUT2D eigenvalue weighted by molar-refractivity contribution is -0.384. The lowest BCUT2D eigenvalue weighted by Gasteiger charge is -2.22. The van der Waals surface area contributed by atoms with Crippen molar-refractivity contribution in [3.63, 3.8) is 0 Å². The second kappa shape index (κ2) is 6.76. The van der Waals surface area contributed by atoms with Gasteiger partial charge in [-0.2, -0.15) is 5.10 Å². The molecule has 0 aliphatic heterocycles. The van der Waals surface area contributed by atoms with E-state index in [-0.39, 0.29) is 10.6 Å². The van der Waals surface area contributed by atoms with E-state index in [1.807, 2.05) is 16.8 Å². The lowest BCUT2D eigenvalue weighted by Crippen LogP contribution is -2.28. The summed E-state index contributed by atoms with van der Waals surface area (Å²) in [6.07, 6.45) is 4.09. The van der Waals surface area contributed by atoms with Crippen LogP contribution in [-0.2, 0) is 13.2 Å². The Kier molecular flexibility index (Phi) is 4.30. The molecular weight excluding hydrogens is 332 g/mol. The summed E-state index contributed by atoms with van der Waals surface area (Å²) in [7, 11) is 1.67. The average Bonchev–Trinajstić information content (AvgIpc) is 3.43. The lowest BCUT2D eigenvalue weighted by atomic mass is 10.2. The van der Waals surface area contributed by atoms with E-state index in [1.54, 1.807) is 25.4 Å². The van der Waals surface area contributed by atoms with Crippen molar-refractivity contribution >= 4 is 16.6 Å². The van der Waals surface area contributed by atoms with Crippen LogP contribution in [0.5, 0.6) is 5.75 Å². The van der Waals surface area contributed by atoms with Crippen molar-refractivity contribution in [2.24, 2.45) is 0 Å². The predicted octanol–water partition coefficient (Wildman–Crippen LogP) is 3.58. The molecular formula is C19H20N4O3. The third-order valence-corrected chi connectivity index (χ3v) is 4.76. The van der Waals surface area contributed by atoms with Gasteiger partial charge in [-0.25, -0.2) is 0 Å². The van der Waals surface area contributed by atoms with E-state index in [0.717, 1.165) is 23.2 Å². The Hall–Kier alpha value is -2.93. The topological polar surface area (TPSA) is 73.4 Å². The zero-order chi connectivity index (χ0) is 18.1. The molecule has 0 atom stereocenters. The number of rotatable bonds is 7. The first kappa shape index (κ1) is 16.5. The highest BCUT2D eigenvalue weighted by molar-refractivity contribution is 5.81. The van der Waals surface area contributed by atoms with Gasteiger partial charge >= 0.3 is 0 Å². The molecule has 1 aliphatic rings. The van der Waals surface area contributed by atoms with E-state index in [0.29, 0.717) is 12.7 Å². The minimum atomic E-state index is -0.378. The summed E-state index contributed by atoms with van der Waals surface area (Å²) in [6.45, 7) is 1.50. The molecule has 4 rings (SSSR count). The zero-order valence-electron chi connectivity index (χ0n) is 14.5. The fourth-order valence-electron chi connectivity index (χ4n) is 3.17. The second-order valence-electron chi connectivity index (χ2n) is 6.61. The van der Waals surface area contributed by atoms with Crippen molar-refractivity contribution in [2.45, 2.75) is 32.1 Å². The van der Waals surface area contributed by atoms with Crippen molar-refractivity contribution in [3.8, 4) is 5.75 Å². The molecule has 0 spiro atoms. The largest absolute Gasteiger partial charge is 0.497 e. The Bertz CT molecular complexity index is 932. The van der Waals surface area contributed by atoms with Crippen LogP contribution < -0.4 is 4.74 Å². The summed E-state index contributed by atoms with van der Waals surface area (Å²) in [5.74, 6) is 0.853. The van der Waals surface area contributed by atoms with Crippen LogP contribution in [-0.4, -0.2) is 32.8 Å². The number of benzene rings is 2. The maximum Gasteiger partial charge on any atom is 0.270 e. The van der Waals surface area contributed by atoms with E-state index in [9.17, 15) is 10.1 Å². The maximum atomic E-state index is 10.9. The van der Waals surface area contributed by atoms with Crippen LogP contribution in [0.3, 0.4) is 0 Å². The molecule has 1 aliphatic carbocycles. The molecule has 2 aromatic carbocycles. The average molecular weight is 352 g/mol. The quantitative estimate of drug-likeness (QED) is 0.480. The van der Waals surface area contributed by atoms with Gasteiger partial charge in [0.2, 0.25) is 0 Å². The van der Waals surface area contributed by atoms with Crippen LogP contribution in [0.25, 0.3) is 10.9 Å². The number of nitro benzene ring substituents is 1. The molecule has 7 nitrogen and oxygen atoms in total. The van der Waals surface area contributed by atoms with Crippen LogP contribution in [0.2, 0.25) is 0 Å². The van der Waals surface area contributed by atoms with Crippen molar-refractivity contribution in [2.75, 3.05) is 7.11 Å². The summed E-state index contributed by atoms with van der Waals surface area (Å²) in [4.78, 5) is 13.0. The third-order valence-electron chi connectivity index (χ3n) is 4.76. The summed E-state index contributed by atoms with van der Waals surface area (Å²) in [5.41, 5.74) is 2.23. The molecule has 1 saturated carbocycles. The van der Waals surface area contributed by atoms with Crippen molar-refractivity contribution in [1.29, 1.82) is 0 Å². The van der Waals surface area contributed by atoms with Crippen LogP contribution in [0.4, 0.5) is 5.69 Å². The fraction of sp³-hybridized carbons (Fsp3) is 0.316. The van der Waals surface area contributed by atoms with E-state index in [4.69, 9.17) is 4.74 Å². The highest BCUT2D eigenvalue weighted by atomic mass is 16.6. The third kappa shape index (κ3) is 3.39. The van der Waals surface area contributed by atoms with Gasteiger partial charge in [-0.05, 0) is 36.6 Å². The Morgan fingerprint density at radius 3 is 2.69 bits per heavy atom. The second-order valence-corrected chi connectivity index (χ2v) is 6.61. The first-order chi connectivity index (χ1) is 12.6. The minimum absolute atomic E-state index is 0.0920. The molecule has 0 radical (unpaired) electrons. The van der Waals surface area contributed by atoms with Crippen molar-refractivity contribution < 1.29 is 9.66 Å². The fourth-order valence-corrected chi connectivity index (χ4v) is 3.17. The van der Waals surface area contributed by atoms with Gasteiger partial charge in [0, 0.05) is 30.1 Å². The molecule has 0 unspecified atom stereocenters. The first-order valence-electron chi connectivity index (χ1n) is 8.61. The molecule has 1 heterocycles. The van der Waals surface area contributed by atoms with Gasteiger partial charge in [-0.15, -0.1) is 0 Å². The Morgan fingerprint density at radius 1 is 1.27 bits per heavy atom. The number of nitro groups is 1. The number of ether oxygens (including phenoxy) is 1. The Morgan fingerprint density at radius 2 is 2.04 bits per heavy atom. The summed E-state index contributed by atoms with van der Waals surface area (Å²) < 4.78 is 7.14. The molecule has 3 aromatic rings. The van der Waals surface area contributed by atoms with Gasteiger partial charge < -0.3 is 4.74 Å². The number of methoxy groups -OCH3 is 1. The van der Waals surface area contributed by atoms with Gasteiger partial charge in [0.1, 0.15) is 5.75 Å². The van der Waals surface area contributed by atoms with Crippen molar-refractivity contribution in [1.82, 2.24) is 14.7 Å². The van der Waals surface area contributed by atoms with Gasteiger partial charge in [0.15, 0.2) is 0 Å². The van der Waals surface area contributed by atoms with Crippen LogP contribution >= 0.6 is 0 Å². The first-order valence-corrected chi connectivity index (χ1v) is 8.61. The SMILES string of the molecule is COc1ccc(CN(Cn2ncc3cc([N+](=O)[O-])ccc32)C2CC2)cc1. The smallest absolute Gasteiger partial charge is 0.270 e. The number of hydrogen-bond acceptors (Lipinski definition) is 5. The van der Waals surface area contributed by atoms with Crippen LogP contribution in [0, 0.1) is 10.1 Å². The number of fused-ring (bicyclic) bond motifs is 1. The highest BCUT2D eigenvalue weighted by Gasteiger charge is 2.29. The number of non-ortho nitro benzene ring substituents is 1. The monoisotopic (exact) mass is 352 g/mol. The highest BCUT2D eigenvalue weighted by Crippen LogP contribution is 2.30. The summed E-state index contributed by atoms with van der Waals surface area (Å²) in [6, 6.07) is 13.6. The molecule has 7 heteroatoms. The zero-order valence-corrected chi connectivity index (χ0v) is 14.5. The normalized spacial score (nSPS) is 14.1. The Balaban J connectivity index is 1.54. The molecule has 26 heavy (non-hydrogen) atoms. The van der Waals surface area contributed by atoms with Crippen LogP contribution in [0.1, 0.15) is 18.4 Å². The van der Waals surface area contributed by atoms with E-state index in [2.05, 4.69) is 22.1 Å². The molecule has 0 N–H and O–H groups in total. The van der Waals surface area contributed by atoms with Gasteiger partial charge in [0.25, 0.3) is 5.69 Å². The van der Waals surface area contributed by atoms with Gasteiger partial charge in [0.05, 0.1) is 30.4 Å². The summed E-state index contributed by atoms with van der Waals surface area (Å²) in [5, 5.41) is 16.2. The van der Waals surface area contributed by atoms with E-state index < -0.39 is 0 Å². The number of nitrogens with zero attached hydrogens (tertiary/aromatic N) is 4. The van der Waals surface area contributed by atoms with E-state index >= 15 is 0 Å². The summed E-state index contributed by atoms with van der Waals surface area (Å²) >= 11 is 0. The molecule has 0 amide bonds. The van der Waals surface area contributed by atoms with Gasteiger partial charge in [-0.1, -0.05) is 12.1 Å². The number of aromatic nitrogens is 2. The molecule has 1 fully saturated rings.